The van der Waals surface area contributed by atoms with Crippen molar-refractivity contribution in [1.29, 1.82) is 0 Å². The summed E-state index contributed by atoms with van der Waals surface area (Å²) in [6, 6.07) is 15.3. The van der Waals surface area contributed by atoms with E-state index in [1.807, 2.05) is 6.20 Å². The van der Waals surface area contributed by atoms with Crippen LogP contribution >= 0.6 is 0 Å². The number of hydrogen-bond acceptors (Lipinski definition) is 1. The number of hydrogen-bond donors (Lipinski definition) is 0. The van der Waals surface area contributed by atoms with Crippen molar-refractivity contribution in [3.8, 4) is 17.1 Å². The van der Waals surface area contributed by atoms with E-state index in [2.05, 4.69) is 85.3 Å². The Balaban J connectivity index is 1.89. The molecule has 0 bridgehead atoms. The molecule has 1 aliphatic carbocycles. The maximum atomic E-state index is 4.69. The molecule has 1 aliphatic rings. The largest absolute Gasteiger partial charge is 0.299 e. The average Bonchev–Trinajstić information content (AvgIpc) is 3.24. The first-order valence-electron chi connectivity index (χ1n) is 10.4. The molecule has 0 spiro atoms. The minimum absolute atomic E-state index is 1.00. The molecule has 3 aromatic rings. The summed E-state index contributed by atoms with van der Waals surface area (Å²) in [6.07, 6.45) is 16.5. The fourth-order valence-electron chi connectivity index (χ4n) is 4.08. The molecule has 0 unspecified atom stereocenters. The Morgan fingerprint density at radius 3 is 2.50 bits per heavy atom. The third kappa shape index (κ3) is 3.60. The second kappa shape index (κ2) is 8.43. The third-order valence-electron chi connectivity index (χ3n) is 5.41. The molecular formula is C26H28N2. The van der Waals surface area contributed by atoms with Gasteiger partial charge in [-0.25, -0.2) is 4.98 Å². The van der Waals surface area contributed by atoms with Crippen molar-refractivity contribution >= 4 is 5.57 Å². The number of imidazole rings is 1. The van der Waals surface area contributed by atoms with Crippen LogP contribution in [0.1, 0.15) is 49.8 Å². The highest BCUT2D eigenvalue weighted by atomic mass is 15.1. The molecule has 0 saturated heterocycles. The maximum absolute atomic E-state index is 4.69. The Kier molecular flexibility index (Phi) is 5.57. The van der Waals surface area contributed by atoms with Gasteiger partial charge in [0, 0.05) is 18.0 Å². The molecule has 2 nitrogen and oxygen atoms in total. The summed E-state index contributed by atoms with van der Waals surface area (Å²) in [6.45, 7) is 4.51. The van der Waals surface area contributed by atoms with E-state index in [-0.39, 0.29) is 0 Å². The zero-order valence-corrected chi connectivity index (χ0v) is 16.9. The second-order valence-corrected chi connectivity index (χ2v) is 7.37. The summed E-state index contributed by atoms with van der Waals surface area (Å²) >= 11 is 0. The zero-order chi connectivity index (χ0) is 19.3. The highest BCUT2D eigenvalue weighted by Gasteiger charge is 2.16. The van der Waals surface area contributed by atoms with E-state index in [1.165, 1.54) is 28.0 Å². The Bertz CT molecular complexity index is 1010. The number of rotatable bonds is 6. The number of aromatic nitrogens is 2. The lowest BCUT2D eigenvalue weighted by Crippen LogP contribution is -2.07. The maximum Gasteiger partial charge on any atom is 0.144 e. The molecule has 4 rings (SSSR count). The molecule has 2 aromatic carbocycles. The quantitative estimate of drug-likeness (QED) is 0.468. The van der Waals surface area contributed by atoms with Crippen LogP contribution in [0.25, 0.3) is 22.6 Å². The average molecular weight is 369 g/mol. The molecule has 1 aromatic heterocycles. The van der Waals surface area contributed by atoms with E-state index in [0.717, 1.165) is 43.5 Å². The van der Waals surface area contributed by atoms with Crippen molar-refractivity contribution in [3.63, 3.8) is 0 Å². The Morgan fingerprint density at radius 1 is 0.964 bits per heavy atom. The van der Waals surface area contributed by atoms with Crippen LogP contribution in [0.3, 0.4) is 0 Å². The van der Waals surface area contributed by atoms with E-state index in [4.69, 9.17) is 4.98 Å². The summed E-state index contributed by atoms with van der Waals surface area (Å²) in [4.78, 5) is 4.69. The van der Waals surface area contributed by atoms with Crippen molar-refractivity contribution in [1.82, 2.24) is 9.55 Å². The lowest BCUT2D eigenvalue weighted by atomic mass is 9.92. The number of allylic oxidation sites excluding steroid dienone is 4. The Hall–Kier alpha value is -2.87. The summed E-state index contributed by atoms with van der Waals surface area (Å²) < 4.78 is 2.29. The Labute approximate surface area is 168 Å². The standard InChI is InChI=1S/C26H28N2/c1-3-11-23-19-24(21-12-7-5-8-13-21)18-20(4-2)25(23)28-17-16-27-26(28)22-14-9-6-10-15-22/h6-7,9-10,12-19H,3-5,8,11H2,1-2H3. The molecule has 0 saturated carbocycles. The molecule has 142 valence electrons. The first-order valence-corrected chi connectivity index (χ1v) is 10.4. The molecule has 0 radical (unpaired) electrons. The third-order valence-corrected chi connectivity index (χ3v) is 5.41. The number of aryl methyl sites for hydroxylation is 2. The molecule has 2 heteroatoms. The van der Waals surface area contributed by atoms with Crippen LogP contribution in [-0.4, -0.2) is 9.55 Å². The van der Waals surface area contributed by atoms with Gasteiger partial charge in [-0.1, -0.05) is 68.8 Å². The van der Waals surface area contributed by atoms with Gasteiger partial charge in [-0.15, -0.1) is 0 Å². The second-order valence-electron chi connectivity index (χ2n) is 7.37. The zero-order valence-electron chi connectivity index (χ0n) is 16.9. The van der Waals surface area contributed by atoms with E-state index >= 15 is 0 Å². The van der Waals surface area contributed by atoms with Crippen LogP contribution in [-0.2, 0) is 12.8 Å². The van der Waals surface area contributed by atoms with Crippen LogP contribution in [0.5, 0.6) is 0 Å². The van der Waals surface area contributed by atoms with Crippen LogP contribution in [0.4, 0.5) is 0 Å². The van der Waals surface area contributed by atoms with E-state index < -0.39 is 0 Å². The van der Waals surface area contributed by atoms with Gasteiger partial charge in [-0.05, 0) is 60.1 Å². The first kappa shape index (κ1) is 18.5. The summed E-state index contributed by atoms with van der Waals surface area (Å²) in [5.41, 5.74) is 7.96. The minimum Gasteiger partial charge on any atom is -0.299 e. The topological polar surface area (TPSA) is 17.8 Å². The smallest absolute Gasteiger partial charge is 0.144 e. The fourth-order valence-corrected chi connectivity index (χ4v) is 4.08. The van der Waals surface area contributed by atoms with Gasteiger partial charge in [-0.3, -0.25) is 4.57 Å². The molecular weight excluding hydrogens is 340 g/mol. The molecule has 0 fully saturated rings. The Morgan fingerprint density at radius 2 is 1.79 bits per heavy atom. The summed E-state index contributed by atoms with van der Waals surface area (Å²) in [5.74, 6) is 1.01. The summed E-state index contributed by atoms with van der Waals surface area (Å²) in [7, 11) is 0. The predicted molar refractivity (Wildman–Crippen MR) is 119 cm³/mol. The normalized spacial score (nSPS) is 13.6. The van der Waals surface area contributed by atoms with Crippen molar-refractivity contribution in [2.75, 3.05) is 0 Å². The predicted octanol–water partition coefficient (Wildman–Crippen LogP) is 6.79. The number of benzene rings is 2. The van der Waals surface area contributed by atoms with Gasteiger partial charge < -0.3 is 0 Å². The lowest BCUT2D eigenvalue weighted by molar-refractivity contribution is 0.888. The van der Waals surface area contributed by atoms with Gasteiger partial charge in [-0.2, -0.15) is 0 Å². The first-order chi connectivity index (χ1) is 13.8. The molecule has 0 amide bonds. The van der Waals surface area contributed by atoms with Crippen molar-refractivity contribution in [2.45, 2.75) is 46.0 Å². The van der Waals surface area contributed by atoms with E-state index in [0.29, 0.717) is 0 Å². The van der Waals surface area contributed by atoms with Gasteiger partial charge in [0.2, 0.25) is 0 Å². The number of nitrogens with zero attached hydrogens (tertiary/aromatic N) is 2. The van der Waals surface area contributed by atoms with Crippen LogP contribution in [0, 0.1) is 0 Å². The van der Waals surface area contributed by atoms with Gasteiger partial charge >= 0.3 is 0 Å². The van der Waals surface area contributed by atoms with Crippen molar-refractivity contribution in [3.05, 3.63) is 89.8 Å². The SMILES string of the molecule is CCCc1cc(C2=CCCC=C2)cc(CC)c1-n1ccnc1-c1ccccc1. The van der Waals surface area contributed by atoms with Crippen molar-refractivity contribution < 1.29 is 0 Å². The molecule has 0 aliphatic heterocycles. The van der Waals surface area contributed by atoms with Crippen molar-refractivity contribution in [2.24, 2.45) is 0 Å². The minimum atomic E-state index is 1.00. The summed E-state index contributed by atoms with van der Waals surface area (Å²) in [5, 5.41) is 0. The van der Waals surface area contributed by atoms with E-state index in [9.17, 15) is 0 Å². The van der Waals surface area contributed by atoms with Gasteiger partial charge in [0.25, 0.3) is 0 Å². The lowest BCUT2D eigenvalue weighted by Gasteiger charge is -2.20. The van der Waals surface area contributed by atoms with Crippen LogP contribution < -0.4 is 0 Å². The monoisotopic (exact) mass is 368 g/mol. The highest BCUT2D eigenvalue weighted by molar-refractivity contribution is 5.77. The van der Waals surface area contributed by atoms with Gasteiger partial charge in [0.1, 0.15) is 5.82 Å². The molecule has 0 N–H and O–H groups in total. The molecule has 1 heterocycles. The van der Waals surface area contributed by atoms with E-state index in [1.54, 1.807) is 0 Å². The molecule has 0 atom stereocenters. The molecule has 28 heavy (non-hydrogen) atoms. The van der Waals surface area contributed by atoms with Crippen LogP contribution in [0.2, 0.25) is 0 Å². The highest BCUT2D eigenvalue weighted by Crippen LogP contribution is 2.32. The van der Waals surface area contributed by atoms with Gasteiger partial charge in [0.15, 0.2) is 0 Å². The van der Waals surface area contributed by atoms with Gasteiger partial charge in [0.05, 0.1) is 5.69 Å². The fraction of sp³-hybridized carbons (Fsp3) is 0.269. The van der Waals surface area contributed by atoms with Crippen LogP contribution in [0.15, 0.2) is 73.1 Å².